The highest BCUT2D eigenvalue weighted by Gasteiger charge is 2.06. The molecular formula is C5H11BN2O4. The fraction of sp³-hybridized carbons (Fsp3) is 0.600. The molecule has 7 heteroatoms. The summed E-state index contributed by atoms with van der Waals surface area (Å²) in [7, 11) is -0.848. The molecule has 0 saturated carbocycles. The van der Waals surface area contributed by atoms with Crippen LogP contribution >= 0.6 is 0 Å². The Labute approximate surface area is 70.1 Å². The van der Waals surface area contributed by atoms with E-state index < -0.39 is 18.9 Å². The zero-order valence-electron chi connectivity index (χ0n) is 6.70. The molecule has 4 N–H and O–H groups in total. The molecule has 1 amide bonds. The van der Waals surface area contributed by atoms with Crippen molar-refractivity contribution in [3.8, 4) is 0 Å². The molecule has 0 spiro atoms. The highest BCUT2D eigenvalue weighted by molar-refractivity contribution is 6.45. The standard InChI is InChI=1S/C5H11BN2O4/c1-6(12)8-7-4(9)2-3-5(10)11/h8,12H,2-3H2,1H3,(H,7,9)(H,10,11). The van der Waals surface area contributed by atoms with E-state index in [9.17, 15) is 9.59 Å². The van der Waals surface area contributed by atoms with Gasteiger partial charge in [0.15, 0.2) is 0 Å². The second-order valence-corrected chi connectivity index (χ2v) is 2.26. The minimum atomic E-state index is -1.03. The molecule has 0 bridgehead atoms. The Kier molecular flexibility index (Phi) is 5.06. The fourth-order valence-corrected chi connectivity index (χ4v) is 0.468. The lowest BCUT2D eigenvalue weighted by Gasteiger charge is -2.05. The van der Waals surface area contributed by atoms with Crippen molar-refractivity contribution in [2.24, 2.45) is 0 Å². The van der Waals surface area contributed by atoms with Crippen molar-refractivity contribution in [2.75, 3.05) is 0 Å². The fourth-order valence-electron chi connectivity index (χ4n) is 0.468. The molecule has 6 nitrogen and oxygen atoms in total. The van der Waals surface area contributed by atoms with Crippen LogP contribution in [0.5, 0.6) is 0 Å². The number of nitrogens with one attached hydrogen (secondary N) is 2. The third-order valence-electron chi connectivity index (χ3n) is 0.986. The van der Waals surface area contributed by atoms with Gasteiger partial charge in [0.1, 0.15) is 0 Å². The van der Waals surface area contributed by atoms with Gasteiger partial charge in [-0.3, -0.25) is 9.59 Å². The third kappa shape index (κ3) is 7.04. The topological polar surface area (TPSA) is 98.7 Å². The summed E-state index contributed by atoms with van der Waals surface area (Å²) in [4.78, 5) is 20.7. The van der Waals surface area contributed by atoms with Crippen LogP contribution in [-0.2, 0) is 9.59 Å². The van der Waals surface area contributed by atoms with E-state index in [0.29, 0.717) is 0 Å². The van der Waals surface area contributed by atoms with Crippen LogP contribution in [0.3, 0.4) is 0 Å². The van der Waals surface area contributed by atoms with Crippen molar-refractivity contribution in [1.82, 2.24) is 10.8 Å². The van der Waals surface area contributed by atoms with Gasteiger partial charge in [-0.25, -0.2) is 5.34 Å². The number of hydrogen-bond acceptors (Lipinski definition) is 4. The number of amides is 1. The van der Waals surface area contributed by atoms with Crippen molar-refractivity contribution in [2.45, 2.75) is 19.7 Å². The van der Waals surface area contributed by atoms with Crippen LogP contribution in [0.2, 0.25) is 6.82 Å². The minimum absolute atomic E-state index is 0.102. The summed E-state index contributed by atoms with van der Waals surface area (Å²) in [5.41, 5.74) is 2.14. The van der Waals surface area contributed by atoms with Gasteiger partial charge in [-0.2, -0.15) is 0 Å². The van der Waals surface area contributed by atoms with Gasteiger partial charge in [0.2, 0.25) is 5.91 Å². The summed E-state index contributed by atoms with van der Waals surface area (Å²) < 4.78 is 0. The molecule has 0 radical (unpaired) electrons. The molecule has 0 aliphatic carbocycles. The van der Waals surface area contributed by atoms with Crippen LogP contribution in [0.1, 0.15) is 12.8 Å². The molecule has 0 aliphatic rings. The molecule has 12 heavy (non-hydrogen) atoms. The zero-order chi connectivity index (χ0) is 9.56. The normalized spacial score (nSPS) is 9.17. The Balaban J connectivity index is 3.40. The van der Waals surface area contributed by atoms with Gasteiger partial charge in [-0.1, -0.05) is 0 Å². The lowest BCUT2D eigenvalue weighted by molar-refractivity contribution is -0.138. The number of carbonyl (C=O) groups is 2. The van der Waals surface area contributed by atoms with E-state index in [1.54, 1.807) is 0 Å². The van der Waals surface area contributed by atoms with Gasteiger partial charge in [-0.05, 0) is 6.82 Å². The number of hydrogen-bond donors (Lipinski definition) is 4. The Morgan fingerprint density at radius 3 is 2.42 bits per heavy atom. The van der Waals surface area contributed by atoms with E-state index in [1.807, 2.05) is 0 Å². The lowest BCUT2D eigenvalue weighted by Crippen LogP contribution is -2.45. The Hall–Kier alpha value is -1.08. The Bertz CT molecular complexity index is 173. The average Bonchev–Trinajstić information content (AvgIpc) is 1.96. The van der Waals surface area contributed by atoms with Crippen molar-refractivity contribution >= 4 is 18.9 Å². The summed E-state index contributed by atoms with van der Waals surface area (Å²) >= 11 is 0. The number of carboxylic acids is 1. The van der Waals surface area contributed by atoms with Gasteiger partial charge in [0.25, 0.3) is 0 Å². The summed E-state index contributed by atoms with van der Waals surface area (Å²) in [6.45, 7) is 1.43. The van der Waals surface area contributed by atoms with Gasteiger partial charge >= 0.3 is 13.0 Å². The molecule has 68 valence electrons. The highest BCUT2D eigenvalue weighted by atomic mass is 16.4. The molecule has 0 aromatic rings. The number of aliphatic carboxylic acids is 1. The summed E-state index contributed by atoms with van der Waals surface area (Å²) in [5.74, 6) is -1.49. The largest absolute Gasteiger partial charge is 0.481 e. The number of carbonyl (C=O) groups excluding carboxylic acids is 1. The molecule has 0 fully saturated rings. The van der Waals surface area contributed by atoms with Crippen molar-refractivity contribution in [3.05, 3.63) is 0 Å². The first kappa shape index (κ1) is 10.9. The van der Waals surface area contributed by atoms with Gasteiger partial charge in [0.05, 0.1) is 6.42 Å². The van der Waals surface area contributed by atoms with E-state index >= 15 is 0 Å². The second-order valence-electron chi connectivity index (χ2n) is 2.26. The van der Waals surface area contributed by atoms with Crippen molar-refractivity contribution in [3.63, 3.8) is 0 Å². The zero-order valence-corrected chi connectivity index (χ0v) is 6.70. The van der Waals surface area contributed by atoms with E-state index in [0.717, 1.165) is 0 Å². The molecule has 0 unspecified atom stereocenters. The monoisotopic (exact) mass is 174 g/mol. The molecular weight excluding hydrogens is 163 g/mol. The first-order chi connectivity index (χ1) is 5.52. The van der Waals surface area contributed by atoms with Crippen molar-refractivity contribution in [1.29, 1.82) is 0 Å². The van der Waals surface area contributed by atoms with Crippen LogP contribution in [0.4, 0.5) is 0 Å². The minimum Gasteiger partial charge on any atom is -0.481 e. The number of carboxylic acid groups (broad SMARTS) is 1. The average molecular weight is 174 g/mol. The van der Waals surface area contributed by atoms with E-state index in [1.165, 1.54) is 6.82 Å². The number of hydrazine groups is 1. The predicted molar refractivity (Wildman–Crippen MR) is 42.0 cm³/mol. The molecule has 0 heterocycles. The van der Waals surface area contributed by atoms with Crippen LogP contribution < -0.4 is 10.8 Å². The Morgan fingerprint density at radius 1 is 1.42 bits per heavy atom. The molecule has 0 saturated heterocycles. The molecule has 0 rings (SSSR count). The second kappa shape index (κ2) is 5.56. The summed E-state index contributed by atoms with van der Waals surface area (Å²) in [6, 6.07) is 0. The van der Waals surface area contributed by atoms with Crippen molar-refractivity contribution < 1.29 is 19.7 Å². The van der Waals surface area contributed by atoms with Crippen LogP contribution in [-0.4, -0.2) is 29.1 Å². The van der Waals surface area contributed by atoms with Gasteiger partial charge in [0, 0.05) is 6.42 Å². The Morgan fingerprint density at radius 2 is 2.00 bits per heavy atom. The van der Waals surface area contributed by atoms with Crippen LogP contribution in [0.25, 0.3) is 0 Å². The maximum absolute atomic E-state index is 10.7. The number of rotatable bonds is 5. The molecule has 0 atom stereocenters. The first-order valence-corrected chi connectivity index (χ1v) is 3.46. The molecule has 0 aromatic heterocycles. The van der Waals surface area contributed by atoms with E-state index in [4.69, 9.17) is 10.1 Å². The highest BCUT2D eigenvalue weighted by Crippen LogP contribution is 1.86. The lowest BCUT2D eigenvalue weighted by atomic mass is 9.91. The maximum atomic E-state index is 10.7. The predicted octanol–water partition coefficient (Wildman–Crippen LogP) is -1.42. The maximum Gasteiger partial charge on any atom is 0.392 e. The molecule has 0 aliphatic heterocycles. The molecule has 0 aromatic carbocycles. The SMILES string of the molecule is CB(O)NNC(=O)CCC(=O)O. The summed E-state index contributed by atoms with van der Waals surface area (Å²) in [5, 5.41) is 19.1. The third-order valence-corrected chi connectivity index (χ3v) is 0.986. The quantitative estimate of drug-likeness (QED) is 0.303. The van der Waals surface area contributed by atoms with Crippen LogP contribution in [0.15, 0.2) is 0 Å². The van der Waals surface area contributed by atoms with Gasteiger partial charge in [-0.15, -0.1) is 0 Å². The first-order valence-electron chi connectivity index (χ1n) is 3.46. The van der Waals surface area contributed by atoms with Gasteiger partial charge < -0.3 is 15.6 Å². The smallest absolute Gasteiger partial charge is 0.392 e. The summed E-state index contributed by atoms with van der Waals surface area (Å²) in [6.07, 6.45) is -0.317. The van der Waals surface area contributed by atoms with E-state index in [2.05, 4.69) is 10.8 Å². The van der Waals surface area contributed by atoms with E-state index in [-0.39, 0.29) is 12.8 Å². The van der Waals surface area contributed by atoms with Crippen LogP contribution in [0, 0.1) is 0 Å².